The van der Waals surface area contributed by atoms with Gasteiger partial charge in [0.1, 0.15) is 10.7 Å². The highest BCUT2D eigenvalue weighted by molar-refractivity contribution is 7.21. The Kier molecular flexibility index (Phi) is 5.53. The van der Waals surface area contributed by atoms with Crippen molar-refractivity contribution >= 4 is 44.9 Å². The molecule has 0 N–H and O–H groups in total. The summed E-state index contributed by atoms with van der Waals surface area (Å²) in [5.74, 6) is -1.58. The molecule has 0 saturated carbocycles. The fourth-order valence-electron chi connectivity index (χ4n) is 1.82. The van der Waals surface area contributed by atoms with Gasteiger partial charge in [0.05, 0.1) is 17.5 Å². The molecule has 1 aromatic carbocycles. The number of carbonyl (C=O) groups excluding carboxylic acids is 2. The van der Waals surface area contributed by atoms with Crippen LogP contribution < -0.4 is 0 Å². The van der Waals surface area contributed by atoms with Gasteiger partial charge in [0.15, 0.2) is 6.61 Å². The number of carbonyl (C=O) groups is 2. The summed E-state index contributed by atoms with van der Waals surface area (Å²) < 4.78 is 18.7. The number of hydrogen-bond acceptors (Lipinski definition) is 5. The van der Waals surface area contributed by atoms with Gasteiger partial charge in [-0.1, -0.05) is 11.6 Å². The number of amides is 1. The maximum absolute atomic E-state index is 13.2. The number of nitriles is 1. The van der Waals surface area contributed by atoms with Crippen LogP contribution in [0.25, 0.3) is 10.1 Å². The van der Waals surface area contributed by atoms with Crippen LogP contribution in [0.5, 0.6) is 0 Å². The number of likely N-dealkylation sites (N-methyl/N-ethyl adjacent to an activating group) is 1. The van der Waals surface area contributed by atoms with Crippen LogP contribution in [0.4, 0.5) is 4.39 Å². The van der Waals surface area contributed by atoms with Gasteiger partial charge in [-0.3, -0.25) is 4.79 Å². The van der Waals surface area contributed by atoms with Crippen LogP contribution in [0.2, 0.25) is 5.02 Å². The molecule has 0 unspecified atom stereocenters. The van der Waals surface area contributed by atoms with E-state index in [2.05, 4.69) is 0 Å². The summed E-state index contributed by atoms with van der Waals surface area (Å²) in [5.41, 5.74) is 0. The van der Waals surface area contributed by atoms with Crippen LogP contribution in [-0.4, -0.2) is 37.0 Å². The fourth-order valence-corrected chi connectivity index (χ4v) is 3.24. The molecule has 0 bridgehead atoms. The van der Waals surface area contributed by atoms with E-state index in [4.69, 9.17) is 21.6 Å². The molecule has 0 aliphatic carbocycles. The van der Waals surface area contributed by atoms with E-state index in [0.717, 1.165) is 11.3 Å². The fraction of sp³-hybridized carbons (Fsp3) is 0.267. The van der Waals surface area contributed by atoms with Crippen molar-refractivity contribution in [3.8, 4) is 6.07 Å². The Labute approximate surface area is 140 Å². The number of fused-ring (bicyclic) bond motifs is 1. The van der Waals surface area contributed by atoms with Crippen LogP contribution in [0, 0.1) is 17.1 Å². The SMILES string of the molecule is CN(CCC#N)C(=O)COC(=O)c1sc2cc(F)ccc2c1Cl. The molecule has 0 fully saturated rings. The quantitative estimate of drug-likeness (QED) is 0.773. The highest BCUT2D eigenvalue weighted by Gasteiger charge is 2.20. The Hall–Kier alpha value is -2.17. The summed E-state index contributed by atoms with van der Waals surface area (Å²) >= 11 is 7.11. The summed E-state index contributed by atoms with van der Waals surface area (Å²) in [4.78, 5) is 25.2. The Balaban J connectivity index is 2.05. The Morgan fingerprint density at radius 1 is 1.48 bits per heavy atom. The molecule has 0 radical (unpaired) electrons. The first-order valence-corrected chi connectivity index (χ1v) is 7.79. The number of nitrogens with zero attached hydrogens (tertiary/aromatic N) is 2. The maximum Gasteiger partial charge on any atom is 0.350 e. The zero-order valence-electron chi connectivity index (χ0n) is 12.1. The van der Waals surface area contributed by atoms with E-state index in [1.807, 2.05) is 6.07 Å². The summed E-state index contributed by atoms with van der Waals surface area (Å²) in [6.45, 7) is -0.185. The van der Waals surface area contributed by atoms with E-state index in [9.17, 15) is 14.0 Å². The molecule has 1 aromatic heterocycles. The normalized spacial score (nSPS) is 10.3. The molecule has 120 valence electrons. The van der Waals surface area contributed by atoms with Crippen LogP contribution >= 0.6 is 22.9 Å². The second-order valence-corrected chi connectivity index (χ2v) is 6.12. The molecule has 1 heterocycles. The van der Waals surface area contributed by atoms with Gasteiger partial charge in [-0.05, 0) is 18.2 Å². The third kappa shape index (κ3) is 3.97. The van der Waals surface area contributed by atoms with Gasteiger partial charge in [0.2, 0.25) is 0 Å². The largest absolute Gasteiger partial charge is 0.451 e. The first kappa shape index (κ1) is 17.2. The van der Waals surface area contributed by atoms with Crippen LogP contribution in [0.1, 0.15) is 16.1 Å². The molecule has 23 heavy (non-hydrogen) atoms. The van der Waals surface area contributed by atoms with Gasteiger partial charge in [-0.2, -0.15) is 5.26 Å². The van der Waals surface area contributed by atoms with E-state index in [0.29, 0.717) is 10.1 Å². The van der Waals surface area contributed by atoms with Crippen molar-refractivity contribution in [1.82, 2.24) is 4.90 Å². The smallest absolute Gasteiger partial charge is 0.350 e. The summed E-state index contributed by atoms with van der Waals surface area (Å²) in [6.07, 6.45) is 0.198. The molecule has 0 saturated heterocycles. The van der Waals surface area contributed by atoms with Gasteiger partial charge in [-0.25, -0.2) is 9.18 Å². The van der Waals surface area contributed by atoms with Crippen LogP contribution in [-0.2, 0) is 9.53 Å². The summed E-state index contributed by atoms with van der Waals surface area (Å²) in [5, 5.41) is 9.21. The van der Waals surface area contributed by atoms with Crippen molar-refractivity contribution in [3.05, 3.63) is 33.9 Å². The van der Waals surface area contributed by atoms with E-state index >= 15 is 0 Å². The number of esters is 1. The second-order valence-electron chi connectivity index (χ2n) is 4.69. The number of rotatable bonds is 5. The van der Waals surface area contributed by atoms with Crippen LogP contribution in [0.3, 0.4) is 0 Å². The molecule has 0 aliphatic heterocycles. The number of thiophene rings is 1. The van der Waals surface area contributed by atoms with Crippen molar-refractivity contribution in [2.45, 2.75) is 6.42 Å². The standard InChI is InChI=1S/C15H12ClFN2O3S/c1-19(6-2-5-18)12(20)8-22-15(21)14-13(16)10-4-3-9(17)7-11(10)23-14/h3-4,7H,2,6,8H2,1H3. The van der Waals surface area contributed by atoms with Crippen molar-refractivity contribution in [1.29, 1.82) is 5.26 Å². The van der Waals surface area contributed by atoms with Crippen LogP contribution in [0.15, 0.2) is 18.2 Å². The monoisotopic (exact) mass is 354 g/mol. The number of hydrogen-bond donors (Lipinski definition) is 0. The zero-order valence-corrected chi connectivity index (χ0v) is 13.7. The van der Waals surface area contributed by atoms with E-state index in [1.165, 1.54) is 30.1 Å². The molecule has 8 heteroatoms. The third-order valence-electron chi connectivity index (χ3n) is 3.09. The maximum atomic E-state index is 13.2. The van der Waals surface area contributed by atoms with Gasteiger partial charge >= 0.3 is 5.97 Å². The topological polar surface area (TPSA) is 70.4 Å². The van der Waals surface area contributed by atoms with Gasteiger partial charge in [0.25, 0.3) is 5.91 Å². The van der Waals surface area contributed by atoms with E-state index < -0.39 is 24.3 Å². The van der Waals surface area contributed by atoms with Crippen molar-refractivity contribution in [2.75, 3.05) is 20.2 Å². The first-order valence-electron chi connectivity index (χ1n) is 6.59. The molecule has 1 amide bonds. The predicted octanol–water partition coefficient (Wildman–Crippen LogP) is 3.22. The van der Waals surface area contributed by atoms with Gasteiger partial charge in [0, 0.05) is 23.7 Å². The highest BCUT2D eigenvalue weighted by Crippen LogP contribution is 2.36. The lowest BCUT2D eigenvalue weighted by molar-refractivity contribution is -0.133. The Morgan fingerprint density at radius 3 is 2.91 bits per heavy atom. The highest BCUT2D eigenvalue weighted by atomic mass is 35.5. The predicted molar refractivity (Wildman–Crippen MR) is 84.9 cm³/mol. The molecule has 2 rings (SSSR count). The number of benzene rings is 1. The molecule has 2 aromatic rings. The molecular formula is C15H12ClFN2O3S. The van der Waals surface area contributed by atoms with E-state index in [1.54, 1.807) is 0 Å². The minimum atomic E-state index is -0.737. The lowest BCUT2D eigenvalue weighted by atomic mass is 10.2. The van der Waals surface area contributed by atoms with Crippen molar-refractivity contribution in [3.63, 3.8) is 0 Å². The average molecular weight is 355 g/mol. The lowest BCUT2D eigenvalue weighted by Gasteiger charge is -2.14. The molecule has 5 nitrogen and oxygen atoms in total. The van der Waals surface area contributed by atoms with Gasteiger partial charge in [-0.15, -0.1) is 11.3 Å². The average Bonchev–Trinajstić information content (AvgIpc) is 2.86. The number of ether oxygens (including phenoxy) is 1. The third-order valence-corrected chi connectivity index (χ3v) is 4.73. The minimum absolute atomic E-state index is 0.125. The van der Waals surface area contributed by atoms with Crippen molar-refractivity contribution in [2.24, 2.45) is 0 Å². The van der Waals surface area contributed by atoms with Crippen molar-refractivity contribution < 1.29 is 18.7 Å². The Bertz CT molecular complexity index is 800. The van der Waals surface area contributed by atoms with Gasteiger partial charge < -0.3 is 9.64 Å². The minimum Gasteiger partial charge on any atom is -0.451 e. The molecule has 0 spiro atoms. The molecular weight excluding hydrogens is 343 g/mol. The lowest BCUT2D eigenvalue weighted by Crippen LogP contribution is -2.31. The zero-order chi connectivity index (χ0) is 17.0. The van der Waals surface area contributed by atoms with E-state index in [-0.39, 0.29) is 22.9 Å². The number of halogens is 2. The molecule has 0 aliphatic rings. The Morgan fingerprint density at radius 2 is 2.22 bits per heavy atom. The molecule has 0 atom stereocenters. The summed E-state index contributed by atoms with van der Waals surface area (Å²) in [7, 11) is 1.52. The first-order chi connectivity index (χ1) is 10.9. The second kappa shape index (κ2) is 7.40. The summed E-state index contributed by atoms with van der Waals surface area (Å²) in [6, 6.07) is 5.95.